The summed E-state index contributed by atoms with van der Waals surface area (Å²) in [5, 5.41) is 11.0. The van der Waals surface area contributed by atoms with Gasteiger partial charge >= 0.3 is 5.97 Å². The van der Waals surface area contributed by atoms with Gasteiger partial charge in [0.1, 0.15) is 6.54 Å². The standard InChI is InChI=1S/C12H19N3O4/c1-4-5-15(7-10(17)18)9(16)6-14-12(19)11(13)8(2)3/h1,8,11H,5-7,13H2,2-3H3,(H,14,19)(H,17,18)/t11-/m0/s1. The number of rotatable bonds is 7. The minimum Gasteiger partial charge on any atom is -0.480 e. The van der Waals surface area contributed by atoms with Crippen LogP contribution in [0, 0.1) is 18.3 Å². The summed E-state index contributed by atoms with van der Waals surface area (Å²) < 4.78 is 0. The summed E-state index contributed by atoms with van der Waals surface area (Å²) in [4.78, 5) is 34.7. The van der Waals surface area contributed by atoms with E-state index in [2.05, 4.69) is 11.2 Å². The van der Waals surface area contributed by atoms with E-state index in [-0.39, 0.29) is 19.0 Å². The van der Waals surface area contributed by atoms with Crippen molar-refractivity contribution in [3.05, 3.63) is 0 Å². The summed E-state index contributed by atoms with van der Waals surface area (Å²) in [6.07, 6.45) is 5.04. The van der Waals surface area contributed by atoms with Crippen molar-refractivity contribution in [1.29, 1.82) is 0 Å². The zero-order valence-electron chi connectivity index (χ0n) is 11.0. The quantitative estimate of drug-likeness (QED) is 0.494. The van der Waals surface area contributed by atoms with Crippen LogP contribution in [0.1, 0.15) is 13.8 Å². The SMILES string of the molecule is C#CCN(CC(=O)O)C(=O)CNC(=O)[C@@H](N)C(C)C. The number of hydrogen-bond donors (Lipinski definition) is 3. The van der Waals surface area contributed by atoms with Gasteiger partial charge in [0.05, 0.1) is 19.1 Å². The van der Waals surface area contributed by atoms with Crippen molar-refractivity contribution in [1.82, 2.24) is 10.2 Å². The van der Waals surface area contributed by atoms with Crippen LogP contribution in [0.25, 0.3) is 0 Å². The molecule has 0 saturated carbocycles. The molecule has 0 aromatic rings. The second-order valence-electron chi connectivity index (χ2n) is 4.34. The lowest BCUT2D eigenvalue weighted by molar-refractivity contribution is -0.143. The first kappa shape index (κ1) is 16.9. The fourth-order valence-electron chi connectivity index (χ4n) is 1.20. The molecule has 0 radical (unpaired) electrons. The molecule has 7 heteroatoms. The monoisotopic (exact) mass is 269 g/mol. The Hall–Kier alpha value is -2.07. The molecule has 0 spiro atoms. The molecule has 0 heterocycles. The Balaban J connectivity index is 4.38. The molecular weight excluding hydrogens is 250 g/mol. The van der Waals surface area contributed by atoms with Crippen molar-refractivity contribution in [2.45, 2.75) is 19.9 Å². The molecule has 0 aromatic heterocycles. The number of nitrogens with one attached hydrogen (secondary N) is 1. The molecule has 0 aromatic carbocycles. The van der Waals surface area contributed by atoms with E-state index in [9.17, 15) is 14.4 Å². The van der Waals surface area contributed by atoms with Crippen molar-refractivity contribution in [2.24, 2.45) is 11.7 Å². The van der Waals surface area contributed by atoms with Crippen LogP contribution >= 0.6 is 0 Å². The second-order valence-corrected chi connectivity index (χ2v) is 4.34. The molecule has 0 unspecified atom stereocenters. The van der Waals surface area contributed by atoms with Gasteiger partial charge in [-0.25, -0.2) is 0 Å². The van der Waals surface area contributed by atoms with Crippen molar-refractivity contribution in [3.63, 3.8) is 0 Å². The zero-order chi connectivity index (χ0) is 15.0. The minimum atomic E-state index is -1.17. The van der Waals surface area contributed by atoms with Crippen LogP contribution in [0.3, 0.4) is 0 Å². The summed E-state index contributed by atoms with van der Waals surface area (Å²) >= 11 is 0. The van der Waals surface area contributed by atoms with E-state index in [4.69, 9.17) is 17.3 Å². The lowest BCUT2D eigenvalue weighted by atomic mass is 10.1. The molecule has 2 amide bonds. The number of aliphatic carboxylic acids is 1. The van der Waals surface area contributed by atoms with E-state index in [0.717, 1.165) is 4.90 Å². The third-order valence-electron chi connectivity index (χ3n) is 2.40. The van der Waals surface area contributed by atoms with Gasteiger partial charge in [-0.2, -0.15) is 0 Å². The summed E-state index contributed by atoms with van der Waals surface area (Å²) in [5.41, 5.74) is 5.60. The third kappa shape index (κ3) is 6.43. The average Bonchev–Trinajstić information content (AvgIpc) is 2.33. The highest BCUT2D eigenvalue weighted by Gasteiger charge is 2.20. The second kappa shape index (κ2) is 8.11. The fraction of sp³-hybridized carbons (Fsp3) is 0.583. The number of nitrogens with two attached hydrogens (primary N) is 1. The number of amides is 2. The summed E-state index contributed by atoms with van der Waals surface area (Å²) in [7, 11) is 0. The van der Waals surface area contributed by atoms with Crippen molar-refractivity contribution in [2.75, 3.05) is 19.6 Å². The van der Waals surface area contributed by atoms with Gasteiger partial charge in [0.2, 0.25) is 11.8 Å². The number of carboxylic acid groups (broad SMARTS) is 1. The lowest BCUT2D eigenvalue weighted by Gasteiger charge is -2.19. The summed E-state index contributed by atoms with van der Waals surface area (Å²) in [6, 6.07) is -0.714. The third-order valence-corrected chi connectivity index (χ3v) is 2.40. The maximum Gasteiger partial charge on any atom is 0.323 e. The highest BCUT2D eigenvalue weighted by Crippen LogP contribution is 1.97. The maximum absolute atomic E-state index is 11.7. The molecular formula is C12H19N3O4. The van der Waals surface area contributed by atoms with Gasteiger partial charge in [0.25, 0.3) is 0 Å². The highest BCUT2D eigenvalue weighted by atomic mass is 16.4. The van der Waals surface area contributed by atoms with Crippen LogP contribution in [0.15, 0.2) is 0 Å². The fourth-order valence-corrected chi connectivity index (χ4v) is 1.20. The predicted octanol–water partition coefficient (Wildman–Crippen LogP) is -1.37. The molecule has 0 rings (SSSR count). The van der Waals surface area contributed by atoms with Crippen molar-refractivity contribution < 1.29 is 19.5 Å². The van der Waals surface area contributed by atoms with Gasteiger partial charge in [0.15, 0.2) is 0 Å². The van der Waals surface area contributed by atoms with E-state index >= 15 is 0 Å². The zero-order valence-corrected chi connectivity index (χ0v) is 11.0. The lowest BCUT2D eigenvalue weighted by Crippen LogP contribution is -2.48. The molecule has 4 N–H and O–H groups in total. The Morgan fingerprint density at radius 1 is 1.42 bits per heavy atom. The van der Waals surface area contributed by atoms with Gasteiger partial charge in [-0.15, -0.1) is 6.42 Å². The smallest absolute Gasteiger partial charge is 0.323 e. The Bertz CT molecular complexity index is 387. The molecule has 19 heavy (non-hydrogen) atoms. The van der Waals surface area contributed by atoms with Crippen LogP contribution in [-0.2, 0) is 14.4 Å². The van der Waals surface area contributed by atoms with E-state index in [1.54, 1.807) is 13.8 Å². The highest BCUT2D eigenvalue weighted by molar-refractivity contribution is 5.88. The number of carboxylic acids is 1. The van der Waals surface area contributed by atoms with Crippen molar-refractivity contribution in [3.8, 4) is 12.3 Å². The Morgan fingerprint density at radius 3 is 2.42 bits per heavy atom. The van der Waals surface area contributed by atoms with Gasteiger partial charge in [-0.1, -0.05) is 19.8 Å². The van der Waals surface area contributed by atoms with E-state index in [0.29, 0.717) is 0 Å². The number of terminal acetylenes is 1. The molecule has 0 bridgehead atoms. The normalized spacial score (nSPS) is 11.5. The van der Waals surface area contributed by atoms with E-state index in [1.807, 2.05) is 0 Å². The number of nitrogens with zero attached hydrogens (tertiary/aromatic N) is 1. The molecule has 0 saturated heterocycles. The maximum atomic E-state index is 11.7. The van der Waals surface area contributed by atoms with Crippen LogP contribution in [-0.4, -0.2) is 53.5 Å². The van der Waals surface area contributed by atoms with Crippen molar-refractivity contribution >= 4 is 17.8 Å². The first-order valence-corrected chi connectivity index (χ1v) is 5.75. The van der Waals surface area contributed by atoms with Gasteiger partial charge in [-0.05, 0) is 5.92 Å². The number of carbonyl (C=O) groups excluding carboxylic acids is 2. The van der Waals surface area contributed by atoms with Crippen LogP contribution in [0.2, 0.25) is 0 Å². The largest absolute Gasteiger partial charge is 0.480 e. The summed E-state index contributed by atoms with van der Waals surface area (Å²) in [5.74, 6) is -0.0687. The molecule has 7 nitrogen and oxygen atoms in total. The van der Waals surface area contributed by atoms with E-state index < -0.39 is 30.4 Å². The van der Waals surface area contributed by atoms with Crippen LogP contribution < -0.4 is 11.1 Å². The van der Waals surface area contributed by atoms with Crippen LogP contribution in [0.4, 0.5) is 0 Å². The Morgan fingerprint density at radius 2 is 2.00 bits per heavy atom. The molecule has 106 valence electrons. The first-order valence-electron chi connectivity index (χ1n) is 5.75. The van der Waals surface area contributed by atoms with Gasteiger partial charge < -0.3 is 21.1 Å². The minimum absolute atomic E-state index is 0.0593. The Kier molecular flexibility index (Phi) is 7.22. The van der Waals surface area contributed by atoms with Gasteiger partial charge in [0, 0.05) is 0 Å². The predicted molar refractivity (Wildman–Crippen MR) is 68.9 cm³/mol. The molecule has 0 fully saturated rings. The van der Waals surface area contributed by atoms with E-state index in [1.165, 1.54) is 0 Å². The molecule has 0 aliphatic heterocycles. The first-order chi connectivity index (χ1) is 8.79. The number of carbonyl (C=O) groups is 3. The summed E-state index contributed by atoms with van der Waals surface area (Å²) in [6.45, 7) is 2.60. The molecule has 1 atom stereocenters. The molecule has 0 aliphatic rings. The van der Waals surface area contributed by atoms with Crippen LogP contribution in [0.5, 0.6) is 0 Å². The van der Waals surface area contributed by atoms with Gasteiger partial charge in [-0.3, -0.25) is 14.4 Å². The molecule has 0 aliphatic carbocycles. The average molecular weight is 269 g/mol. The number of hydrogen-bond acceptors (Lipinski definition) is 4. The Labute approximate surface area is 112 Å². The topological polar surface area (TPSA) is 113 Å².